The molecule has 0 bridgehead atoms. The Labute approximate surface area is 181 Å². The van der Waals surface area contributed by atoms with E-state index in [-0.39, 0.29) is 6.04 Å². The van der Waals surface area contributed by atoms with Crippen molar-refractivity contribution in [2.24, 2.45) is 5.73 Å². The maximum Gasteiger partial charge on any atom is 0.252 e. The predicted octanol–water partition coefficient (Wildman–Crippen LogP) is 2.27. The van der Waals surface area contributed by atoms with Crippen LogP contribution < -0.4 is 20.7 Å². The lowest BCUT2D eigenvalue weighted by molar-refractivity contribution is 0.0904. The number of hydrogen-bond acceptors (Lipinski definition) is 7. The Morgan fingerprint density at radius 2 is 2.10 bits per heavy atom. The fourth-order valence-electron chi connectivity index (χ4n) is 3.89. The number of nitrogens with one attached hydrogen (secondary N) is 1. The first kappa shape index (κ1) is 20.9. The number of likely N-dealkylation sites (N-methyl/N-ethyl adjacent to an activating group) is 1. The summed E-state index contributed by atoms with van der Waals surface area (Å²) >= 11 is 0. The van der Waals surface area contributed by atoms with Crippen LogP contribution in [0.1, 0.15) is 23.2 Å². The number of methoxy groups -OCH3 is 1. The third-order valence-electron chi connectivity index (χ3n) is 5.65. The normalized spacial score (nSPS) is 14.5. The minimum absolute atomic E-state index is 0.220. The quantitative estimate of drug-likeness (QED) is 0.571. The lowest BCUT2D eigenvalue weighted by Crippen LogP contribution is -2.29. The van der Waals surface area contributed by atoms with E-state index in [1.807, 2.05) is 36.0 Å². The molecule has 9 nitrogen and oxygen atoms in total. The number of carbonyl (C=O) groups is 1. The molecule has 0 saturated carbocycles. The van der Waals surface area contributed by atoms with Crippen molar-refractivity contribution < 1.29 is 14.3 Å². The van der Waals surface area contributed by atoms with Crippen molar-refractivity contribution in [3.8, 4) is 5.75 Å². The van der Waals surface area contributed by atoms with Crippen LogP contribution in [-0.4, -0.2) is 60.6 Å². The largest absolute Gasteiger partial charge is 0.495 e. The van der Waals surface area contributed by atoms with Crippen molar-refractivity contribution >= 4 is 28.3 Å². The summed E-state index contributed by atoms with van der Waals surface area (Å²) in [6, 6.07) is 8.12. The summed E-state index contributed by atoms with van der Waals surface area (Å²) in [6.07, 6.45) is 5.04. The number of hydrogen-bond donors (Lipinski definition) is 2. The van der Waals surface area contributed by atoms with Crippen LogP contribution in [0, 0.1) is 0 Å². The number of primary amides is 1. The van der Waals surface area contributed by atoms with Gasteiger partial charge in [0, 0.05) is 39.0 Å². The number of rotatable bonds is 8. The highest BCUT2D eigenvalue weighted by Crippen LogP contribution is 2.29. The van der Waals surface area contributed by atoms with E-state index in [1.165, 1.54) is 6.20 Å². The number of nitrogens with two attached hydrogens (primary N) is 1. The van der Waals surface area contributed by atoms with Gasteiger partial charge in [-0.25, -0.2) is 9.67 Å². The lowest BCUT2D eigenvalue weighted by Gasteiger charge is -2.25. The fraction of sp³-hybridized carbons (Fsp3) is 0.409. The molecule has 1 fully saturated rings. The molecule has 9 heteroatoms. The van der Waals surface area contributed by atoms with Crippen LogP contribution in [0.5, 0.6) is 5.75 Å². The Balaban J connectivity index is 1.58. The third kappa shape index (κ3) is 4.41. The molecule has 1 saturated heterocycles. The smallest absolute Gasteiger partial charge is 0.252 e. The SMILES string of the molecule is COc1ccccc1N(C)CCn1ncc2c(NC3CCOCC3)c(C(N)=O)cnc21. The monoisotopic (exact) mass is 424 g/mol. The second-order valence-corrected chi connectivity index (χ2v) is 7.64. The van der Waals surface area contributed by atoms with Crippen molar-refractivity contribution in [1.29, 1.82) is 0 Å². The van der Waals surface area contributed by atoms with Crippen molar-refractivity contribution in [2.75, 3.05) is 44.1 Å². The molecule has 1 amide bonds. The first-order valence-electron chi connectivity index (χ1n) is 10.4. The molecule has 1 aliphatic rings. The number of fused-ring (bicyclic) bond motifs is 1. The molecule has 0 atom stereocenters. The zero-order chi connectivity index (χ0) is 21.8. The number of benzene rings is 1. The van der Waals surface area contributed by atoms with Crippen LogP contribution in [-0.2, 0) is 11.3 Å². The molecule has 1 aliphatic heterocycles. The Kier molecular flexibility index (Phi) is 6.22. The average molecular weight is 425 g/mol. The highest BCUT2D eigenvalue weighted by Gasteiger charge is 2.21. The molecule has 3 aromatic rings. The standard InChI is InChI=1S/C22H28N6O3/c1-27(18-5-3-4-6-19(18)30-2)9-10-28-22-17(14-25-28)20(16(13-24-22)21(23)29)26-15-7-11-31-12-8-15/h3-6,13-15H,7-12H2,1-2H3,(H2,23,29)(H,24,26). The van der Waals surface area contributed by atoms with Gasteiger partial charge in [-0.3, -0.25) is 4.79 Å². The fourth-order valence-corrected chi connectivity index (χ4v) is 3.89. The maximum absolute atomic E-state index is 12.0. The highest BCUT2D eigenvalue weighted by atomic mass is 16.5. The van der Waals surface area contributed by atoms with E-state index in [0.29, 0.717) is 43.2 Å². The Morgan fingerprint density at radius 1 is 1.32 bits per heavy atom. The summed E-state index contributed by atoms with van der Waals surface area (Å²) < 4.78 is 12.7. The van der Waals surface area contributed by atoms with Crippen LogP contribution >= 0.6 is 0 Å². The van der Waals surface area contributed by atoms with Gasteiger partial charge in [-0.2, -0.15) is 5.10 Å². The molecule has 1 aromatic carbocycles. The van der Waals surface area contributed by atoms with Gasteiger partial charge >= 0.3 is 0 Å². The van der Waals surface area contributed by atoms with Crippen LogP contribution in [0.3, 0.4) is 0 Å². The molecule has 3 heterocycles. The summed E-state index contributed by atoms with van der Waals surface area (Å²) in [5.41, 5.74) is 8.42. The van der Waals surface area contributed by atoms with E-state index < -0.39 is 5.91 Å². The second-order valence-electron chi connectivity index (χ2n) is 7.64. The number of anilines is 2. The first-order chi connectivity index (χ1) is 15.1. The zero-order valence-electron chi connectivity index (χ0n) is 17.9. The summed E-state index contributed by atoms with van der Waals surface area (Å²) in [5.74, 6) is 0.315. The number of carbonyl (C=O) groups excluding carboxylic acids is 1. The maximum atomic E-state index is 12.0. The summed E-state index contributed by atoms with van der Waals surface area (Å²) in [6.45, 7) is 2.73. The number of ether oxygens (including phenoxy) is 2. The molecule has 31 heavy (non-hydrogen) atoms. The first-order valence-corrected chi connectivity index (χ1v) is 10.4. The van der Waals surface area contributed by atoms with E-state index in [1.54, 1.807) is 13.3 Å². The van der Waals surface area contributed by atoms with Gasteiger partial charge < -0.3 is 25.4 Å². The Morgan fingerprint density at radius 3 is 2.84 bits per heavy atom. The van der Waals surface area contributed by atoms with Gasteiger partial charge in [0.1, 0.15) is 5.75 Å². The van der Waals surface area contributed by atoms with Crippen LogP contribution in [0.4, 0.5) is 11.4 Å². The van der Waals surface area contributed by atoms with Crippen molar-refractivity contribution in [3.63, 3.8) is 0 Å². The Hall–Kier alpha value is -3.33. The summed E-state index contributed by atoms with van der Waals surface area (Å²) in [5, 5.41) is 8.82. The van der Waals surface area contributed by atoms with Crippen LogP contribution in [0.15, 0.2) is 36.7 Å². The molecule has 0 spiro atoms. The van der Waals surface area contributed by atoms with Crippen molar-refractivity contribution in [1.82, 2.24) is 14.8 Å². The van der Waals surface area contributed by atoms with E-state index in [9.17, 15) is 4.79 Å². The van der Waals surface area contributed by atoms with E-state index >= 15 is 0 Å². The number of pyridine rings is 1. The number of aromatic nitrogens is 3. The van der Waals surface area contributed by atoms with Crippen LogP contribution in [0.2, 0.25) is 0 Å². The van der Waals surface area contributed by atoms with Crippen LogP contribution in [0.25, 0.3) is 11.0 Å². The summed E-state index contributed by atoms with van der Waals surface area (Å²) in [4.78, 5) is 18.6. The van der Waals surface area contributed by atoms with Crippen molar-refractivity contribution in [2.45, 2.75) is 25.4 Å². The van der Waals surface area contributed by atoms with Gasteiger partial charge in [-0.1, -0.05) is 12.1 Å². The summed E-state index contributed by atoms with van der Waals surface area (Å²) in [7, 11) is 3.68. The Bertz CT molecular complexity index is 1060. The zero-order valence-corrected chi connectivity index (χ0v) is 17.9. The lowest BCUT2D eigenvalue weighted by atomic mass is 10.1. The minimum Gasteiger partial charge on any atom is -0.495 e. The number of amides is 1. The van der Waals surface area contributed by atoms with Crippen molar-refractivity contribution in [3.05, 3.63) is 42.2 Å². The molecule has 4 rings (SSSR count). The number of nitrogens with zero attached hydrogens (tertiary/aromatic N) is 4. The van der Waals surface area contributed by atoms with E-state index in [2.05, 4.69) is 20.3 Å². The molecule has 0 unspecified atom stereocenters. The average Bonchev–Trinajstić information content (AvgIpc) is 3.21. The molecule has 3 N–H and O–H groups in total. The topological polar surface area (TPSA) is 108 Å². The highest BCUT2D eigenvalue weighted by molar-refractivity contribution is 6.05. The van der Waals surface area contributed by atoms with Gasteiger partial charge in [0.2, 0.25) is 0 Å². The molecule has 0 radical (unpaired) electrons. The van der Waals surface area contributed by atoms with Gasteiger partial charge in [0.15, 0.2) is 5.65 Å². The van der Waals surface area contributed by atoms with E-state index in [4.69, 9.17) is 15.2 Å². The van der Waals surface area contributed by atoms with Gasteiger partial charge in [-0.15, -0.1) is 0 Å². The molecular formula is C22H28N6O3. The van der Waals surface area contributed by atoms with Gasteiger partial charge in [-0.05, 0) is 25.0 Å². The van der Waals surface area contributed by atoms with Gasteiger partial charge in [0.05, 0.1) is 42.2 Å². The molecule has 0 aliphatic carbocycles. The molecular weight excluding hydrogens is 396 g/mol. The second kappa shape index (κ2) is 9.22. The molecule has 2 aromatic heterocycles. The number of para-hydroxylation sites is 2. The predicted molar refractivity (Wildman–Crippen MR) is 120 cm³/mol. The van der Waals surface area contributed by atoms with E-state index in [0.717, 1.165) is 29.7 Å². The molecule has 164 valence electrons. The minimum atomic E-state index is -0.507. The third-order valence-corrected chi connectivity index (χ3v) is 5.65. The van der Waals surface area contributed by atoms with Gasteiger partial charge in [0.25, 0.3) is 5.91 Å².